The summed E-state index contributed by atoms with van der Waals surface area (Å²) in [7, 11) is 5.66. The minimum absolute atomic E-state index is 0.0383. The van der Waals surface area contributed by atoms with Gasteiger partial charge < -0.3 is 14.4 Å². The third kappa shape index (κ3) is 4.54. The second-order valence-corrected chi connectivity index (χ2v) is 7.92. The first-order chi connectivity index (χ1) is 15.1. The number of Topliss-reactive ketones (excluding diaryl/α,β-unsaturated/α-hetero) is 1. The van der Waals surface area contributed by atoms with Crippen LogP contribution in [0.4, 0.5) is 0 Å². The molecule has 4 heteroatoms. The first-order valence-electron chi connectivity index (χ1n) is 10.4. The van der Waals surface area contributed by atoms with Crippen LogP contribution in [-0.4, -0.2) is 45.0 Å². The van der Waals surface area contributed by atoms with E-state index in [0.29, 0.717) is 24.3 Å². The summed E-state index contributed by atoms with van der Waals surface area (Å²) in [4.78, 5) is 15.6. The summed E-state index contributed by atoms with van der Waals surface area (Å²) in [5.74, 6) is 1.55. The SMILES string of the molecule is COc1cccc(C(=O)C2=C(c3ccc(OCCN(C)C)cc3)c3ccccc3C2)c1. The normalized spacial score (nSPS) is 12.8. The number of carbonyl (C=O) groups excluding carboxylic acids is 1. The molecule has 1 aliphatic carbocycles. The van der Waals surface area contributed by atoms with E-state index in [9.17, 15) is 4.79 Å². The lowest BCUT2D eigenvalue weighted by atomic mass is 9.94. The van der Waals surface area contributed by atoms with Gasteiger partial charge >= 0.3 is 0 Å². The molecule has 3 aromatic carbocycles. The fourth-order valence-electron chi connectivity index (χ4n) is 3.89. The molecule has 0 saturated carbocycles. The van der Waals surface area contributed by atoms with Crippen LogP contribution < -0.4 is 9.47 Å². The van der Waals surface area contributed by atoms with Crippen molar-refractivity contribution in [1.82, 2.24) is 4.90 Å². The predicted octanol–water partition coefficient (Wildman–Crippen LogP) is 4.88. The molecule has 0 spiro atoms. The number of rotatable bonds is 8. The number of carbonyl (C=O) groups is 1. The Morgan fingerprint density at radius 3 is 2.45 bits per heavy atom. The second-order valence-electron chi connectivity index (χ2n) is 7.92. The summed E-state index contributed by atoms with van der Waals surface area (Å²) in [6.07, 6.45) is 0.628. The summed E-state index contributed by atoms with van der Waals surface area (Å²) < 4.78 is 11.2. The minimum atomic E-state index is 0.0383. The van der Waals surface area contributed by atoms with Crippen molar-refractivity contribution < 1.29 is 14.3 Å². The molecule has 0 fully saturated rings. The Morgan fingerprint density at radius 2 is 1.71 bits per heavy atom. The van der Waals surface area contributed by atoms with E-state index in [2.05, 4.69) is 17.0 Å². The Bertz CT molecular complexity index is 1110. The molecule has 4 rings (SSSR count). The van der Waals surface area contributed by atoms with E-state index in [1.165, 1.54) is 5.56 Å². The zero-order chi connectivity index (χ0) is 21.8. The van der Waals surface area contributed by atoms with Gasteiger partial charge in [-0.15, -0.1) is 0 Å². The standard InChI is InChI=1S/C27H27NO3/c1-28(2)15-16-31-22-13-11-19(12-14-22)26-24-10-5-4-7-20(24)18-25(26)27(29)21-8-6-9-23(17-21)30-3/h4-14,17H,15-16,18H2,1-3H3. The van der Waals surface area contributed by atoms with Crippen molar-refractivity contribution in [2.24, 2.45) is 0 Å². The average molecular weight is 414 g/mol. The van der Waals surface area contributed by atoms with Gasteiger partial charge in [-0.25, -0.2) is 0 Å². The third-order valence-electron chi connectivity index (χ3n) is 5.51. The van der Waals surface area contributed by atoms with Gasteiger partial charge in [-0.2, -0.15) is 0 Å². The maximum atomic E-state index is 13.5. The molecule has 3 aromatic rings. The highest BCUT2D eigenvalue weighted by Gasteiger charge is 2.27. The zero-order valence-electron chi connectivity index (χ0n) is 18.2. The van der Waals surface area contributed by atoms with Crippen LogP contribution in [-0.2, 0) is 6.42 Å². The Labute approximate surface area is 183 Å². The predicted molar refractivity (Wildman–Crippen MR) is 124 cm³/mol. The number of nitrogens with zero attached hydrogens (tertiary/aromatic N) is 1. The van der Waals surface area contributed by atoms with E-state index in [1.807, 2.05) is 68.7 Å². The summed E-state index contributed by atoms with van der Waals surface area (Å²) >= 11 is 0. The number of ether oxygens (including phenoxy) is 2. The quantitative estimate of drug-likeness (QED) is 0.494. The highest BCUT2D eigenvalue weighted by molar-refractivity contribution is 6.16. The highest BCUT2D eigenvalue weighted by atomic mass is 16.5. The Hall–Kier alpha value is -3.37. The molecule has 0 radical (unpaired) electrons. The van der Waals surface area contributed by atoms with Crippen molar-refractivity contribution in [3.05, 3.63) is 101 Å². The number of likely N-dealkylation sites (N-methyl/N-ethyl adjacent to an activating group) is 1. The van der Waals surface area contributed by atoms with Crippen LogP contribution in [0.25, 0.3) is 5.57 Å². The summed E-state index contributed by atoms with van der Waals surface area (Å²) in [5, 5.41) is 0. The van der Waals surface area contributed by atoms with Crippen LogP contribution in [0.2, 0.25) is 0 Å². The number of allylic oxidation sites excluding steroid dienone is 1. The van der Waals surface area contributed by atoms with E-state index in [-0.39, 0.29) is 5.78 Å². The third-order valence-corrected chi connectivity index (χ3v) is 5.51. The molecule has 4 nitrogen and oxygen atoms in total. The Kier molecular flexibility index (Phi) is 6.19. The summed E-state index contributed by atoms with van der Waals surface area (Å²) in [5.41, 5.74) is 5.78. The lowest BCUT2D eigenvalue weighted by Gasteiger charge is -2.13. The van der Waals surface area contributed by atoms with Gasteiger partial charge in [-0.05, 0) is 60.6 Å². The smallest absolute Gasteiger partial charge is 0.190 e. The van der Waals surface area contributed by atoms with Gasteiger partial charge in [0.15, 0.2) is 5.78 Å². The highest BCUT2D eigenvalue weighted by Crippen LogP contribution is 2.39. The lowest BCUT2D eigenvalue weighted by Crippen LogP contribution is -2.19. The van der Waals surface area contributed by atoms with Crippen molar-refractivity contribution in [2.75, 3.05) is 34.4 Å². The molecule has 0 unspecified atom stereocenters. The van der Waals surface area contributed by atoms with E-state index in [4.69, 9.17) is 9.47 Å². The zero-order valence-corrected chi connectivity index (χ0v) is 18.2. The Morgan fingerprint density at radius 1 is 0.935 bits per heavy atom. The number of methoxy groups -OCH3 is 1. The molecule has 0 atom stereocenters. The van der Waals surface area contributed by atoms with Crippen LogP contribution in [0, 0.1) is 0 Å². The molecule has 0 bridgehead atoms. The average Bonchev–Trinajstić information content (AvgIpc) is 3.18. The monoisotopic (exact) mass is 413 g/mol. The molecule has 1 aliphatic rings. The van der Waals surface area contributed by atoms with Gasteiger partial charge in [0, 0.05) is 24.1 Å². The van der Waals surface area contributed by atoms with Gasteiger partial charge in [0.05, 0.1) is 7.11 Å². The van der Waals surface area contributed by atoms with Gasteiger partial charge in [-0.3, -0.25) is 4.79 Å². The first kappa shape index (κ1) is 20.9. The molecule has 0 aromatic heterocycles. The topological polar surface area (TPSA) is 38.8 Å². The number of ketones is 1. The summed E-state index contributed by atoms with van der Waals surface area (Å²) in [6, 6.07) is 23.6. The first-order valence-corrected chi connectivity index (χ1v) is 10.4. The molecular formula is C27H27NO3. The van der Waals surface area contributed by atoms with Crippen molar-refractivity contribution in [1.29, 1.82) is 0 Å². The minimum Gasteiger partial charge on any atom is -0.497 e. The maximum Gasteiger partial charge on any atom is 0.190 e. The molecule has 0 heterocycles. The van der Waals surface area contributed by atoms with Crippen LogP contribution in [0.3, 0.4) is 0 Å². The fourth-order valence-corrected chi connectivity index (χ4v) is 3.89. The maximum absolute atomic E-state index is 13.5. The fraction of sp³-hybridized carbons (Fsp3) is 0.222. The summed E-state index contributed by atoms with van der Waals surface area (Å²) in [6.45, 7) is 1.50. The molecule has 0 N–H and O–H groups in total. The molecule has 158 valence electrons. The van der Waals surface area contributed by atoms with Crippen molar-refractivity contribution in [2.45, 2.75) is 6.42 Å². The largest absolute Gasteiger partial charge is 0.497 e. The van der Waals surface area contributed by atoms with Crippen LogP contribution >= 0.6 is 0 Å². The molecular weight excluding hydrogens is 386 g/mol. The van der Waals surface area contributed by atoms with E-state index in [0.717, 1.165) is 34.6 Å². The number of hydrogen-bond acceptors (Lipinski definition) is 4. The van der Waals surface area contributed by atoms with Gasteiger partial charge in [0.1, 0.15) is 18.1 Å². The van der Waals surface area contributed by atoms with Gasteiger partial charge in [0.25, 0.3) is 0 Å². The van der Waals surface area contributed by atoms with Crippen LogP contribution in [0.5, 0.6) is 11.5 Å². The van der Waals surface area contributed by atoms with Crippen molar-refractivity contribution >= 4 is 11.4 Å². The van der Waals surface area contributed by atoms with E-state index in [1.54, 1.807) is 13.2 Å². The number of fused-ring (bicyclic) bond motifs is 1. The van der Waals surface area contributed by atoms with Gasteiger partial charge in [0.2, 0.25) is 0 Å². The number of benzene rings is 3. The second kappa shape index (κ2) is 9.19. The molecule has 0 amide bonds. The molecule has 31 heavy (non-hydrogen) atoms. The van der Waals surface area contributed by atoms with Crippen LogP contribution in [0.1, 0.15) is 27.0 Å². The Balaban J connectivity index is 1.69. The van der Waals surface area contributed by atoms with E-state index < -0.39 is 0 Å². The van der Waals surface area contributed by atoms with Crippen LogP contribution in [0.15, 0.2) is 78.4 Å². The molecule has 0 saturated heterocycles. The van der Waals surface area contributed by atoms with Crippen molar-refractivity contribution in [3.63, 3.8) is 0 Å². The van der Waals surface area contributed by atoms with E-state index >= 15 is 0 Å². The lowest BCUT2D eigenvalue weighted by molar-refractivity contribution is 0.103. The molecule has 0 aliphatic heterocycles. The van der Waals surface area contributed by atoms with Crippen molar-refractivity contribution in [3.8, 4) is 11.5 Å². The van der Waals surface area contributed by atoms with Gasteiger partial charge in [-0.1, -0.05) is 48.5 Å². The number of hydrogen-bond donors (Lipinski definition) is 0.